The third kappa shape index (κ3) is 4.34. The van der Waals surface area contributed by atoms with Gasteiger partial charge in [0.2, 0.25) is 0 Å². The lowest BCUT2D eigenvalue weighted by atomic mass is 10.1. The van der Waals surface area contributed by atoms with Crippen molar-refractivity contribution < 1.29 is 13.2 Å². The van der Waals surface area contributed by atoms with E-state index in [1.54, 1.807) is 0 Å². The average Bonchev–Trinajstić information content (AvgIpc) is 2.25. The van der Waals surface area contributed by atoms with Crippen molar-refractivity contribution >= 4 is 0 Å². The van der Waals surface area contributed by atoms with E-state index in [9.17, 15) is 13.2 Å². The molecule has 0 radical (unpaired) electrons. The summed E-state index contributed by atoms with van der Waals surface area (Å²) < 4.78 is 37.0. The minimum Gasteiger partial charge on any atom is -0.309 e. The smallest absolute Gasteiger partial charge is 0.309 e. The average molecular weight is 246 g/mol. The zero-order valence-corrected chi connectivity index (χ0v) is 10.2. The molecular formula is C12H17F3N2. The van der Waals surface area contributed by atoms with Crippen LogP contribution in [0.1, 0.15) is 38.1 Å². The van der Waals surface area contributed by atoms with Crippen LogP contribution in [-0.2, 0) is 6.18 Å². The Kier molecular flexibility index (Phi) is 4.51. The fraction of sp³-hybridized carbons (Fsp3) is 0.583. The summed E-state index contributed by atoms with van der Waals surface area (Å²) in [6.07, 6.45) is -3.44. The number of alkyl halides is 3. The summed E-state index contributed by atoms with van der Waals surface area (Å²) in [5, 5.41) is 3.21. The van der Waals surface area contributed by atoms with Crippen LogP contribution in [0.4, 0.5) is 13.2 Å². The lowest BCUT2D eigenvalue weighted by Crippen LogP contribution is -2.24. The van der Waals surface area contributed by atoms with Gasteiger partial charge in [0.1, 0.15) is 0 Å². The van der Waals surface area contributed by atoms with Crippen molar-refractivity contribution in [3.05, 3.63) is 29.6 Å². The van der Waals surface area contributed by atoms with Gasteiger partial charge in [-0.1, -0.05) is 13.8 Å². The molecule has 17 heavy (non-hydrogen) atoms. The normalized spacial score (nSPS) is 14.1. The van der Waals surface area contributed by atoms with E-state index >= 15 is 0 Å². The summed E-state index contributed by atoms with van der Waals surface area (Å²) in [5.41, 5.74) is -0.0871. The number of nitrogens with one attached hydrogen (secondary N) is 1. The predicted molar refractivity (Wildman–Crippen MR) is 60.5 cm³/mol. The van der Waals surface area contributed by atoms with Crippen LogP contribution in [0.15, 0.2) is 18.3 Å². The minimum absolute atomic E-state index is 0.0420. The first kappa shape index (κ1) is 14.0. The Morgan fingerprint density at radius 3 is 2.29 bits per heavy atom. The maximum absolute atomic E-state index is 12.3. The van der Waals surface area contributed by atoms with Gasteiger partial charge in [0.15, 0.2) is 0 Å². The number of hydrogen-bond donors (Lipinski definition) is 1. The Labute approximate surface area is 99.3 Å². The fourth-order valence-electron chi connectivity index (χ4n) is 1.35. The second kappa shape index (κ2) is 5.49. The van der Waals surface area contributed by atoms with Crippen LogP contribution < -0.4 is 5.32 Å². The second-order valence-electron chi connectivity index (χ2n) is 4.49. The Morgan fingerprint density at radius 2 is 1.88 bits per heavy atom. The molecule has 96 valence electrons. The van der Waals surface area contributed by atoms with Gasteiger partial charge in [-0.2, -0.15) is 13.2 Å². The van der Waals surface area contributed by atoms with E-state index in [2.05, 4.69) is 24.1 Å². The van der Waals surface area contributed by atoms with Crippen LogP contribution in [0.3, 0.4) is 0 Å². The topological polar surface area (TPSA) is 24.9 Å². The predicted octanol–water partition coefficient (Wildman–Crippen LogP) is 3.41. The molecule has 2 nitrogen and oxygen atoms in total. The van der Waals surface area contributed by atoms with Crippen molar-refractivity contribution in [2.24, 2.45) is 5.92 Å². The van der Waals surface area contributed by atoms with E-state index in [1.807, 2.05) is 6.92 Å². The molecule has 0 spiro atoms. The van der Waals surface area contributed by atoms with Crippen molar-refractivity contribution in [3.8, 4) is 0 Å². The summed E-state index contributed by atoms with van der Waals surface area (Å²) >= 11 is 0. The van der Waals surface area contributed by atoms with Crippen molar-refractivity contribution in [2.45, 2.75) is 33.0 Å². The van der Waals surface area contributed by atoms with Gasteiger partial charge in [0.25, 0.3) is 0 Å². The van der Waals surface area contributed by atoms with Gasteiger partial charge < -0.3 is 5.32 Å². The highest BCUT2D eigenvalue weighted by atomic mass is 19.4. The lowest BCUT2D eigenvalue weighted by Gasteiger charge is -2.15. The molecule has 1 aromatic rings. The van der Waals surface area contributed by atoms with Crippen LogP contribution in [0.5, 0.6) is 0 Å². The van der Waals surface area contributed by atoms with E-state index in [0.717, 1.165) is 18.8 Å². The molecule has 0 saturated heterocycles. The van der Waals surface area contributed by atoms with Crippen molar-refractivity contribution in [2.75, 3.05) is 6.54 Å². The summed E-state index contributed by atoms with van der Waals surface area (Å²) in [6, 6.07) is 2.44. The zero-order valence-electron chi connectivity index (χ0n) is 10.2. The van der Waals surface area contributed by atoms with Crippen molar-refractivity contribution in [1.82, 2.24) is 10.3 Å². The Hall–Kier alpha value is -1.10. The monoisotopic (exact) mass is 246 g/mol. The number of nitrogens with zero attached hydrogens (tertiary/aromatic N) is 1. The van der Waals surface area contributed by atoms with E-state index in [1.165, 1.54) is 6.07 Å². The summed E-state index contributed by atoms with van der Waals surface area (Å²) in [6.45, 7) is 6.83. The van der Waals surface area contributed by atoms with Gasteiger partial charge in [0, 0.05) is 12.2 Å². The standard InChI is InChI=1S/C12H17F3N2/c1-8(2)6-16-9(3)11-5-4-10(7-17-11)12(13,14)15/h4-5,7-9,16H,6H2,1-3H3. The molecular weight excluding hydrogens is 229 g/mol. The summed E-state index contributed by atoms with van der Waals surface area (Å²) in [5.74, 6) is 0.492. The number of halogens is 3. The Morgan fingerprint density at radius 1 is 1.24 bits per heavy atom. The molecule has 0 aliphatic rings. The van der Waals surface area contributed by atoms with Gasteiger partial charge in [-0.25, -0.2) is 0 Å². The number of aromatic nitrogens is 1. The molecule has 1 unspecified atom stereocenters. The Balaban J connectivity index is 2.67. The molecule has 0 aliphatic carbocycles. The SMILES string of the molecule is CC(C)CNC(C)c1ccc(C(F)(F)F)cn1. The maximum Gasteiger partial charge on any atom is 0.417 e. The fourth-order valence-corrected chi connectivity index (χ4v) is 1.35. The van der Waals surface area contributed by atoms with E-state index in [0.29, 0.717) is 11.6 Å². The molecule has 0 aliphatic heterocycles. The molecule has 5 heteroatoms. The highest BCUT2D eigenvalue weighted by molar-refractivity contribution is 5.18. The van der Waals surface area contributed by atoms with Gasteiger partial charge in [-0.05, 0) is 31.5 Å². The largest absolute Gasteiger partial charge is 0.417 e. The van der Waals surface area contributed by atoms with Crippen LogP contribution in [0.25, 0.3) is 0 Å². The first-order chi connectivity index (χ1) is 7.80. The van der Waals surface area contributed by atoms with Crippen LogP contribution >= 0.6 is 0 Å². The van der Waals surface area contributed by atoms with Crippen molar-refractivity contribution in [1.29, 1.82) is 0 Å². The van der Waals surface area contributed by atoms with Gasteiger partial charge in [0.05, 0.1) is 11.3 Å². The molecule has 1 atom stereocenters. The van der Waals surface area contributed by atoms with Crippen molar-refractivity contribution in [3.63, 3.8) is 0 Å². The van der Waals surface area contributed by atoms with Gasteiger partial charge in [-0.15, -0.1) is 0 Å². The molecule has 0 amide bonds. The van der Waals surface area contributed by atoms with Crippen LogP contribution in [0.2, 0.25) is 0 Å². The first-order valence-corrected chi connectivity index (χ1v) is 5.57. The second-order valence-corrected chi connectivity index (χ2v) is 4.49. The molecule has 1 aromatic heterocycles. The first-order valence-electron chi connectivity index (χ1n) is 5.57. The number of pyridine rings is 1. The highest BCUT2D eigenvalue weighted by Gasteiger charge is 2.30. The molecule has 0 bridgehead atoms. The lowest BCUT2D eigenvalue weighted by molar-refractivity contribution is -0.137. The maximum atomic E-state index is 12.3. The van der Waals surface area contributed by atoms with Crippen LogP contribution in [-0.4, -0.2) is 11.5 Å². The van der Waals surface area contributed by atoms with E-state index in [-0.39, 0.29) is 6.04 Å². The molecule has 0 saturated carbocycles. The summed E-state index contributed by atoms with van der Waals surface area (Å²) in [7, 11) is 0. The minimum atomic E-state index is -4.32. The molecule has 0 fully saturated rings. The van der Waals surface area contributed by atoms with Crippen LogP contribution in [0, 0.1) is 5.92 Å². The number of hydrogen-bond acceptors (Lipinski definition) is 2. The molecule has 1 N–H and O–H groups in total. The third-order valence-electron chi connectivity index (χ3n) is 2.39. The summed E-state index contributed by atoms with van der Waals surface area (Å²) in [4.78, 5) is 3.84. The highest BCUT2D eigenvalue weighted by Crippen LogP contribution is 2.28. The third-order valence-corrected chi connectivity index (χ3v) is 2.39. The molecule has 0 aromatic carbocycles. The molecule has 1 rings (SSSR count). The van der Waals surface area contributed by atoms with E-state index in [4.69, 9.17) is 0 Å². The van der Waals surface area contributed by atoms with Gasteiger partial charge in [-0.3, -0.25) is 4.98 Å². The quantitative estimate of drug-likeness (QED) is 0.880. The molecule has 1 heterocycles. The van der Waals surface area contributed by atoms with E-state index < -0.39 is 11.7 Å². The zero-order chi connectivity index (χ0) is 13.1. The Bertz CT molecular complexity index is 344. The van der Waals surface area contributed by atoms with Gasteiger partial charge >= 0.3 is 6.18 Å². The number of rotatable bonds is 4.